The minimum atomic E-state index is -0.338. The molecule has 0 saturated carbocycles. The third kappa shape index (κ3) is 4.85. The van der Waals surface area contributed by atoms with Gasteiger partial charge in [0.05, 0.1) is 11.6 Å². The molecule has 6 nitrogen and oxygen atoms in total. The van der Waals surface area contributed by atoms with Crippen molar-refractivity contribution in [2.45, 2.75) is 6.92 Å². The third-order valence-corrected chi connectivity index (χ3v) is 3.32. The Hall–Kier alpha value is -3.33. The fourth-order valence-electron chi connectivity index (χ4n) is 2.19. The maximum absolute atomic E-state index is 11.8. The van der Waals surface area contributed by atoms with Crippen molar-refractivity contribution in [3.8, 4) is 6.07 Å². The summed E-state index contributed by atoms with van der Waals surface area (Å²) in [7, 11) is 0. The molecule has 24 heavy (non-hydrogen) atoms. The van der Waals surface area contributed by atoms with Gasteiger partial charge in [0.25, 0.3) is 0 Å². The molecule has 0 fully saturated rings. The number of hydrogen-bond donors (Lipinski definition) is 2. The van der Waals surface area contributed by atoms with Crippen molar-refractivity contribution in [1.29, 1.82) is 5.26 Å². The van der Waals surface area contributed by atoms with Gasteiger partial charge in [-0.05, 0) is 30.3 Å². The van der Waals surface area contributed by atoms with E-state index in [-0.39, 0.29) is 18.5 Å². The summed E-state index contributed by atoms with van der Waals surface area (Å²) in [5.41, 5.74) is 1.81. The first-order valence-electron chi connectivity index (χ1n) is 7.48. The van der Waals surface area contributed by atoms with E-state index in [9.17, 15) is 9.59 Å². The number of para-hydroxylation sites is 1. The highest BCUT2D eigenvalue weighted by atomic mass is 16.2. The van der Waals surface area contributed by atoms with Gasteiger partial charge < -0.3 is 15.5 Å². The molecule has 0 bridgehead atoms. The summed E-state index contributed by atoms with van der Waals surface area (Å²) in [6.07, 6.45) is 0. The molecule has 0 unspecified atom stereocenters. The molecule has 0 aliphatic rings. The van der Waals surface area contributed by atoms with Gasteiger partial charge >= 0.3 is 6.03 Å². The Kier molecular flexibility index (Phi) is 5.92. The Morgan fingerprint density at radius 1 is 1.12 bits per heavy atom. The first-order chi connectivity index (χ1) is 11.6. The summed E-state index contributed by atoms with van der Waals surface area (Å²) >= 11 is 0. The lowest BCUT2D eigenvalue weighted by atomic mass is 10.2. The van der Waals surface area contributed by atoms with Crippen LogP contribution in [-0.2, 0) is 4.79 Å². The van der Waals surface area contributed by atoms with Gasteiger partial charge in [-0.1, -0.05) is 24.3 Å². The van der Waals surface area contributed by atoms with Crippen LogP contribution in [0, 0.1) is 11.3 Å². The zero-order valence-corrected chi connectivity index (χ0v) is 13.3. The summed E-state index contributed by atoms with van der Waals surface area (Å²) in [5, 5.41) is 14.4. The number of carbonyl (C=O) groups is 2. The quantitative estimate of drug-likeness (QED) is 0.887. The highest BCUT2D eigenvalue weighted by Gasteiger charge is 2.12. The molecule has 2 aromatic carbocycles. The van der Waals surface area contributed by atoms with Gasteiger partial charge in [-0.15, -0.1) is 0 Å². The average molecular weight is 322 g/mol. The summed E-state index contributed by atoms with van der Waals surface area (Å²) in [6, 6.07) is 17.6. The lowest BCUT2D eigenvalue weighted by Crippen LogP contribution is -2.39. The van der Waals surface area contributed by atoms with Crippen LogP contribution < -0.4 is 15.5 Å². The first kappa shape index (κ1) is 17.0. The smallest absolute Gasteiger partial charge is 0.319 e. The number of nitriles is 1. The van der Waals surface area contributed by atoms with Crippen molar-refractivity contribution in [1.82, 2.24) is 5.32 Å². The van der Waals surface area contributed by atoms with E-state index in [1.165, 1.54) is 11.8 Å². The monoisotopic (exact) mass is 322 g/mol. The Morgan fingerprint density at radius 3 is 2.54 bits per heavy atom. The zero-order chi connectivity index (χ0) is 17.4. The second-order valence-corrected chi connectivity index (χ2v) is 5.08. The lowest BCUT2D eigenvalue weighted by molar-refractivity contribution is -0.116. The average Bonchev–Trinajstić information content (AvgIpc) is 2.59. The molecule has 0 saturated heterocycles. The summed E-state index contributed by atoms with van der Waals surface area (Å²) in [6.45, 7) is 2.05. The Bertz CT molecular complexity index is 753. The molecule has 0 atom stereocenters. The van der Waals surface area contributed by atoms with Crippen LogP contribution in [0.4, 0.5) is 16.2 Å². The van der Waals surface area contributed by atoms with Gasteiger partial charge in [0.2, 0.25) is 5.91 Å². The number of nitrogens with zero attached hydrogens (tertiary/aromatic N) is 2. The van der Waals surface area contributed by atoms with E-state index in [4.69, 9.17) is 5.26 Å². The van der Waals surface area contributed by atoms with Crippen LogP contribution in [0.25, 0.3) is 0 Å². The molecule has 2 aromatic rings. The first-order valence-corrected chi connectivity index (χ1v) is 7.48. The number of rotatable bonds is 5. The van der Waals surface area contributed by atoms with Gasteiger partial charge in [-0.3, -0.25) is 4.79 Å². The Balaban J connectivity index is 1.91. The number of benzene rings is 2. The molecule has 6 heteroatoms. The van der Waals surface area contributed by atoms with Gasteiger partial charge in [0, 0.05) is 31.4 Å². The minimum Gasteiger partial charge on any atom is -0.336 e. The molecule has 3 amide bonds. The molecule has 0 radical (unpaired) electrons. The second kappa shape index (κ2) is 8.34. The Morgan fingerprint density at radius 2 is 1.88 bits per heavy atom. The summed E-state index contributed by atoms with van der Waals surface area (Å²) in [4.78, 5) is 25.2. The van der Waals surface area contributed by atoms with E-state index < -0.39 is 0 Å². The van der Waals surface area contributed by atoms with Crippen molar-refractivity contribution < 1.29 is 9.59 Å². The lowest BCUT2D eigenvalue weighted by Gasteiger charge is -2.21. The maximum atomic E-state index is 11.8. The molecule has 0 aliphatic carbocycles. The van der Waals surface area contributed by atoms with Crippen LogP contribution in [0.5, 0.6) is 0 Å². The number of amides is 3. The summed E-state index contributed by atoms with van der Waals surface area (Å²) < 4.78 is 0. The van der Waals surface area contributed by atoms with Crippen molar-refractivity contribution in [2.24, 2.45) is 0 Å². The highest BCUT2D eigenvalue weighted by Crippen LogP contribution is 2.15. The van der Waals surface area contributed by atoms with Crippen LogP contribution in [-0.4, -0.2) is 25.0 Å². The standard InChI is InChI=1S/C18H18N4O2/c1-14(23)22(17-9-5-6-15(12-17)13-19)11-10-20-18(24)21-16-7-3-2-4-8-16/h2-9,12H,10-11H2,1H3,(H2,20,21,24). The number of urea groups is 1. The van der Waals surface area contributed by atoms with Crippen LogP contribution >= 0.6 is 0 Å². The molecule has 2 rings (SSSR count). The minimum absolute atomic E-state index is 0.157. The molecule has 2 N–H and O–H groups in total. The SMILES string of the molecule is CC(=O)N(CCNC(=O)Nc1ccccc1)c1cccc(C#N)c1. The molecule has 0 aliphatic heterocycles. The van der Waals surface area contributed by atoms with Crippen LogP contribution in [0.3, 0.4) is 0 Å². The largest absolute Gasteiger partial charge is 0.336 e. The van der Waals surface area contributed by atoms with Crippen LogP contribution in [0.1, 0.15) is 12.5 Å². The van der Waals surface area contributed by atoms with E-state index in [0.717, 1.165) is 0 Å². The summed E-state index contributed by atoms with van der Waals surface area (Å²) in [5.74, 6) is -0.157. The molecule has 0 aromatic heterocycles. The fourth-order valence-corrected chi connectivity index (χ4v) is 2.19. The zero-order valence-electron chi connectivity index (χ0n) is 13.3. The normalized spacial score (nSPS) is 9.67. The van der Waals surface area contributed by atoms with Crippen molar-refractivity contribution in [2.75, 3.05) is 23.3 Å². The molecule has 122 valence electrons. The van der Waals surface area contributed by atoms with Gasteiger partial charge in [-0.25, -0.2) is 4.79 Å². The third-order valence-electron chi connectivity index (χ3n) is 3.32. The van der Waals surface area contributed by atoms with E-state index in [1.807, 2.05) is 24.3 Å². The van der Waals surface area contributed by atoms with E-state index in [2.05, 4.69) is 10.6 Å². The highest BCUT2D eigenvalue weighted by molar-refractivity contribution is 5.92. The van der Waals surface area contributed by atoms with E-state index in [1.54, 1.807) is 36.4 Å². The number of hydrogen-bond acceptors (Lipinski definition) is 3. The predicted octanol–water partition coefficient (Wildman–Crippen LogP) is 2.73. The van der Waals surface area contributed by atoms with Gasteiger partial charge in [-0.2, -0.15) is 5.26 Å². The number of nitrogens with one attached hydrogen (secondary N) is 2. The topological polar surface area (TPSA) is 85.2 Å². The fraction of sp³-hybridized carbons (Fsp3) is 0.167. The van der Waals surface area contributed by atoms with Crippen molar-refractivity contribution in [3.05, 3.63) is 60.2 Å². The number of anilines is 2. The van der Waals surface area contributed by atoms with E-state index in [0.29, 0.717) is 23.5 Å². The Labute approximate surface area is 140 Å². The maximum Gasteiger partial charge on any atom is 0.319 e. The van der Waals surface area contributed by atoms with Crippen molar-refractivity contribution in [3.63, 3.8) is 0 Å². The van der Waals surface area contributed by atoms with Crippen molar-refractivity contribution >= 4 is 23.3 Å². The molecular formula is C18H18N4O2. The molecule has 0 spiro atoms. The second-order valence-electron chi connectivity index (χ2n) is 5.08. The predicted molar refractivity (Wildman–Crippen MR) is 92.6 cm³/mol. The van der Waals surface area contributed by atoms with Crippen LogP contribution in [0.2, 0.25) is 0 Å². The molecule has 0 heterocycles. The number of carbonyl (C=O) groups excluding carboxylic acids is 2. The van der Waals surface area contributed by atoms with Gasteiger partial charge in [0.15, 0.2) is 0 Å². The van der Waals surface area contributed by atoms with E-state index >= 15 is 0 Å². The van der Waals surface area contributed by atoms with Crippen LogP contribution in [0.15, 0.2) is 54.6 Å². The molecular weight excluding hydrogens is 304 g/mol. The van der Waals surface area contributed by atoms with Gasteiger partial charge in [0.1, 0.15) is 0 Å².